The smallest absolute Gasteiger partial charge is 0.190 e. The number of hydrogen-bond donors (Lipinski definition) is 0. The van der Waals surface area contributed by atoms with Gasteiger partial charge in [0.1, 0.15) is 0 Å². The van der Waals surface area contributed by atoms with Crippen LogP contribution >= 0.6 is 11.8 Å². The average molecular weight is 165 g/mol. The summed E-state index contributed by atoms with van der Waals surface area (Å²) in [5.41, 5.74) is 0.970. The van der Waals surface area contributed by atoms with Crippen molar-refractivity contribution in [1.29, 1.82) is 0 Å². The maximum atomic E-state index is 10.6. The van der Waals surface area contributed by atoms with Gasteiger partial charge in [-0.25, -0.2) is 0 Å². The van der Waals surface area contributed by atoms with E-state index in [9.17, 15) is 4.79 Å². The molecule has 0 N–H and O–H groups in total. The Hall–Kier alpha value is -0.760. The van der Waals surface area contributed by atoms with E-state index in [2.05, 4.69) is 6.92 Å². The summed E-state index contributed by atoms with van der Waals surface area (Å²) >= 11 is 1.24. The molecule has 0 spiro atoms. The maximum absolute atomic E-state index is 10.6. The molecule has 0 fully saturated rings. The molecule has 0 amide bonds. The predicted octanol–water partition coefficient (Wildman–Crippen LogP) is 2.51. The number of carbonyl (C=O) groups excluding carboxylic acids is 1. The zero-order valence-corrected chi connectivity index (χ0v) is 7.15. The molecular weight excluding hydrogens is 156 g/mol. The molecule has 0 aliphatic rings. The molecule has 0 unspecified atom stereocenters. The molecule has 1 aromatic carbocycles. The van der Waals surface area contributed by atoms with E-state index < -0.39 is 0 Å². The van der Waals surface area contributed by atoms with Crippen LogP contribution in [0, 0.1) is 6.92 Å². The van der Waals surface area contributed by atoms with Crippen molar-refractivity contribution in [2.24, 2.45) is 0 Å². The number of rotatable bonds is 1. The van der Waals surface area contributed by atoms with Crippen LogP contribution in [-0.4, -0.2) is 5.12 Å². The fraction of sp³-hybridized carbons (Fsp3) is 0.111. The lowest BCUT2D eigenvalue weighted by Crippen LogP contribution is -1.80. The molecular formula is C9H9OS. The van der Waals surface area contributed by atoms with Gasteiger partial charge in [0.05, 0.1) is 0 Å². The molecule has 0 heterocycles. The molecule has 1 rings (SSSR count). The highest BCUT2D eigenvalue weighted by Gasteiger charge is 1.95. The fourth-order valence-corrected chi connectivity index (χ4v) is 1.33. The van der Waals surface area contributed by atoms with Crippen molar-refractivity contribution in [3.8, 4) is 0 Å². The first-order valence-electron chi connectivity index (χ1n) is 3.29. The topological polar surface area (TPSA) is 17.1 Å². The number of benzene rings is 1. The molecule has 2 heteroatoms. The lowest BCUT2D eigenvalue weighted by Gasteiger charge is -1.96. The minimum Gasteiger partial charge on any atom is -0.287 e. The van der Waals surface area contributed by atoms with Gasteiger partial charge in [-0.2, -0.15) is 0 Å². The van der Waals surface area contributed by atoms with Crippen LogP contribution in [-0.2, 0) is 4.79 Å². The maximum Gasteiger partial charge on any atom is 0.190 e. The molecule has 1 aromatic rings. The van der Waals surface area contributed by atoms with Crippen molar-refractivity contribution >= 4 is 16.9 Å². The van der Waals surface area contributed by atoms with Gasteiger partial charge in [0, 0.05) is 11.8 Å². The summed E-state index contributed by atoms with van der Waals surface area (Å²) in [5.74, 6) is 0. The summed E-state index contributed by atoms with van der Waals surface area (Å²) in [7, 11) is 0. The van der Waals surface area contributed by atoms with E-state index >= 15 is 0 Å². The van der Waals surface area contributed by atoms with Gasteiger partial charge in [0.25, 0.3) is 0 Å². The molecule has 11 heavy (non-hydrogen) atoms. The Balaban J connectivity index is 2.74. The van der Waals surface area contributed by atoms with E-state index in [1.807, 2.05) is 24.3 Å². The average Bonchev–Trinajstić information content (AvgIpc) is 1.93. The highest BCUT2D eigenvalue weighted by Crippen LogP contribution is 2.18. The third-order valence-electron chi connectivity index (χ3n) is 1.18. The van der Waals surface area contributed by atoms with Crippen molar-refractivity contribution in [3.63, 3.8) is 0 Å². The molecule has 1 radical (unpaired) electrons. The summed E-state index contributed by atoms with van der Waals surface area (Å²) in [4.78, 5) is 11.6. The summed E-state index contributed by atoms with van der Waals surface area (Å²) in [6.45, 7) is 5.30. The molecule has 0 aliphatic carbocycles. The van der Waals surface area contributed by atoms with Crippen LogP contribution in [0.4, 0.5) is 0 Å². The Labute approximate surface area is 70.8 Å². The van der Waals surface area contributed by atoms with E-state index in [-0.39, 0.29) is 5.12 Å². The Morgan fingerprint density at radius 1 is 1.36 bits per heavy atom. The van der Waals surface area contributed by atoms with Crippen molar-refractivity contribution < 1.29 is 4.79 Å². The summed E-state index contributed by atoms with van der Waals surface area (Å²) < 4.78 is 0. The summed E-state index contributed by atoms with van der Waals surface area (Å²) in [6, 6.07) is 7.58. The molecule has 0 aromatic heterocycles. The van der Waals surface area contributed by atoms with Crippen LogP contribution < -0.4 is 0 Å². The number of thioether (sulfide) groups is 1. The molecule has 0 bridgehead atoms. The second kappa shape index (κ2) is 3.58. The first kappa shape index (κ1) is 8.34. The van der Waals surface area contributed by atoms with E-state index in [4.69, 9.17) is 0 Å². The predicted molar refractivity (Wildman–Crippen MR) is 47.4 cm³/mol. The fourth-order valence-electron chi connectivity index (χ4n) is 0.723. The van der Waals surface area contributed by atoms with Gasteiger partial charge < -0.3 is 0 Å². The second-order valence-corrected chi connectivity index (χ2v) is 3.49. The van der Waals surface area contributed by atoms with Crippen LogP contribution in [0.15, 0.2) is 29.2 Å². The Bertz CT molecular complexity index is 251. The van der Waals surface area contributed by atoms with Crippen LogP contribution in [0.2, 0.25) is 0 Å². The third kappa shape index (κ3) is 2.76. The zero-order chi connectivity index (χ0) is 8.27. The van der Waals surface area contributed by atoms with Crippen molar-refractivity contribution in [1.82, 2.24) is 0 Å². The highest BCUT2D eigenvalue weighted by molar-refractivity contribution is 8.13. The first-order valence-corrected chi connectivity index (χ1v) is 4.10. The SMILES string of the molecule is [CH2]c1ccc(SC(C)=O)cc1. The van der Waals surface area contributed by atoms with Gasteiger partial charge in [-0.05, 0) is 24.6 Å². The monoisotopic (exact) mass is 165 g/mol. The van der Waals surface area contributed by atoms with Crippen molar-refractivity contribution in [2.45, 2.75) is 11.8 Å². The molecule has 1 nitrogen and oxygen atoms in total. The largest absolute Gasteiger partial charge is 0.287 e. The van der Waals surface area contributed by atoms with E-state index in [0.717, 1.165) is 10.5 Å². The highest BCUT2D eigenvalue weighted by atomic mass is 32.2. The van der Waals surface area contributed by atoms with Gasteiger partial charge in [0.2, 0.25) is 0 Å². The van der Waals surface area contributed by atoms with Crippen molar-refractivity contribution in [2.75, 3.05) is 0 Å². The molecule has 0 saturated carbocycles. The van der Waals surface area contributed by atoms with Crippen LogP contribution in [0.3, 0.4) is 0 Å². The van der Waals surface area contributed by atoms with E-state index in [1.54, 1.807) is 6.92 Å². The van der Waals surface area contributed by atoms with Gasteiger partial charge in [-0.3, -0.25) is 4.79 Å². The molecule has 0 saturated heterocycles. The standard InChI is InChI=1S/C9H9OS/c1-7-3-5-9(6-4-7)11-8(2)10/h3-6H,1H2,2H3. The van der Waals surface area contributed by atoms with Crippen LogP contribution in [0.25, 0.3) is 0 Å². The quantitative estimate of drug-likeness (QED) is 0.595. The Kier molecular flexibility index (Phi) is 2.71. The Morgan fingerprint density at radius 3 is 2.36 bits per heavy atom. The van der Waals surface area contributed by atoms with Gasteiger partial charge in [-0.1, -0.05) is 23.9 Å². The lowest BCUT2D eigenvalue weighted by molar-refractivity contribution is -0.109. The Morgan fingerprint density at radius 2 is 1.91 bits per heavy atom. The summed E-state index contributed by atoms with van der Waals surface area (Å²) in [5, 5.41) is 0.113. The lowest BCUT2D eigenvalue weighted by atomic mass is 10.2. The van der Waals surface area contributed by atoms with E-state index in [0.29, 0.717) is 0 Å². The van der Waals surface area contributed by atoms with Crippen LogP contribution in [0.5, 0.6) is 0 Å². The zero-order valence-electron chi connectivity index (χ0n) is 6.33. The van der Waals surface area contributed by atoms with Gasteiger partial charge in [0.15, 0.2) is 5.12 Å². The first-order chi connectivity index (χ1) is 5.18. The number of carbonyl (C=O) groups is 1. The number of hydrogen-bond acceptors (Lipinski definition) is 2. The summed E-state index contributed by atoms with van der Waals surface area (Å²) in [6.07, 6.45) is 0. The molecule has 0 aliphatic heterocycles. The third-order valence-corrected chi connectivity index (χ3v) is 1.98. The van der Waals surface area contributed by atoms with Gasteiger partial charge in [-0.15, -0.1) is 0 Å². The van der Waals surface area contributed by atoms with E-state index in [1.165, 1.54) is 11.8 Å². The molecule has 0 atom stereocenters. The molecule has 57 valence electrons. The minimum absolute atomic E-state index is 0.113. The van der Waals surface area contributed by atoms with Crippen molar-refractivity contribution in [3.05, 3.63) is 36.8 Å². The van der Waals surface area contributed by atoms with Crippen LogP contribution in [0.1, 0.15) is 12.5 Å². The van der Waals surface area contributed by atoms with Gasteiger partial charge >= 0.3 is 0 Å². The minimum atomic E-state index is 0.113. The normalized spacial score (nSPS) is 9.64. The second-order valence-electron chi connectivity index (χ2n) is 2.24.